The Morgan fingerprint density at radius 3 is 2.48 bits per heavy atom. The Morgan fingerprint density at radius 1 is 1.20 bits per heavy atom. The van der Waals surface area contributed by atoms with Gasteiger partial charge in [-0.3, -0.25) is 10.2 Å². The molecule has 1 aromatic rings. The van der Waals surface area contributed by atoms with Gasteiger partial charge in [0.05, 0.1) is 18.5 Å². The van der Waals surface area contributed by atoms with Crippen LogP contribution in [0.2, 0.25) is 0 Å². The van der Waals surface area contributed by atoms with Crippen molar-refractivity contribution in [1.29, 1.82) is 5.41 Å². The molecule has 1 saturated heterocycles. The zero-order chi connectivity index (χ0) is 37.3. The minimum Gasteiger partial charge on any atom is -0.471 e. The number of nitrogens with zero attached hydrogens (tertiary/aromatic N) is 2. The van der Waals surface area contributed by atoms with E-state index in [1.165, 1.54) is 6.07 Å². The third-order valence-corrected chi connectivity index (χ3v) is 13.2. The number of ether oxygens (including phenoxy) is 4. The molecule has 0 bridgehead atoms. The van der Waals surface area contributed by atoms with Crippen LogP contribution in [0.4, 0.5) is 0 Å². The molecule has 1 fully saturated rings. The summed E-state index contributed by atoms with van der Waals surface area (Å²) >= 11 is 4.49. The predicted molar refractivity (Wildman–Crippen MR) is 188 cm³/mol. The van der Waals surface area contributed by atoms with Crippen LogP contribution in [0, 0.1) is 5.41 Å². The highest BCUT2D eigenvalue weighted by atomic mass is 32.3. The molecule has 0 saturated carbocycles. The number of rotatable bonds is 13. The Balaban J connectivity index is 1.55. The zero-order valence-electron chi connectivity index (χ0n) is 28.4. The molecule has 4 N–H and O–H groups in total. The second-order valence-corrected chi connectivity index (χ2v) is 18.1. The van der Waals surface area contributed by atoms with E-state index in [2.05, 4.69) is 27.8 Å². The van der Waals surface area contributed by atoms with Gasteiger partial charge in [0.1, 0.15) is 21.1 Å². The number of morpholine rings is 1. The molecule has 1 amide bonds. The van der Waals surface area contributed by atoms with Crippen molar-refractivity contribution in [3.8, 4) is 0 Å². The first-order chi connectivity index (χ1) is 23.4. The Kier molecular flexibility index (Phi) is 14.8. The lowest BCUT2D eigenvalue weighted by atomic mass is 10.1. The number of nitrogens with one attached hydrogen (secondary N) is 4. The third kappa shape index (κ3) is 11.7. The van der Waals surface area contributed by atoms with Crippen LogP contribution in [0.3, 0.4) is 0 Å². The van der Waals surface area contributed by atoms with E-state index in [1.54, 1.807) is 16.5 Å². The van der Waals surface area contributed by atoms with Crippen LogP contribution in [0.25, 0.3) is 0 Å². The fourth-order valence-corrected chi connectivity index (χ4v) is 9.93. The SMILES string of the molecule is CCN[C@H]1C[C@H](C)S(=O)(=O)c2sc(S(=O)(=O)NC(=O)COC(=O)/C=C/C(=O)O[C@@H](CNC(C)(C)C)COC(=N)/C(=N\S)N3CCOCC3)cc21. The summed E-state index contributed by atoms with van der Waals surface area (Å²) in [5.74, 6) is -3.39. The zero-order valence-corrected chi connectivity index (χ0v) is 31.7. The van der Waals surface area contributed by atoms with Crippen molar-refractivity contribution >= 4 is 73.6 Å². The fraction of sp³-hybridized carbons (Fsp3) is 0.621. The van der Waals surface area contributed by atoms with Crippen molar-refractivity contribution in [1.82, 2.24) is 20.3 Å². The molecule has 17 nitrogen and oxygen atoms in total. The van der Waals surface area contributed by atoms with E-state index >= 15 is 0 Å². The van der Waals surface area contributed by atoms with Crippen molar-refractivity contribution in [2.45, 2.75) is 72.4 Å². The van der Waals surface area contributed by atoms with Crippen molar-refractivity contribution in [3.63, 3.8) is 0 Å². The van der Waals surface area contributed by atoms with Gasteiger partial charge in [0, 0.05) is 48.9 Å². The third-order valence-electron chi connectivity index (χ3n) is 7.26. The number of amidine groups is 1. The van der Waals surface area contributed by atoms with E-state index in [0.29, 0.717) is 55.8 Å². The molecule has 3 heterocycles. The molecule has 0 spiro atoms. The average molecular weight is 781 g/mol. The fourth-order valence-electron chi connectivity index (χ4n) is 4.75. The number of thiol groups is 1. The summed E-state index contributed by atoms with van der Waals surface area (Å²) in [6.45, 7) is 10.4. The van der Waals surface area contributed by atoms with Crippen molar-refractivity contribution < 1.29 is 50.2 Å². The number of sulfone groups is 1. The number of thiophene rings is 1. The Morgan fingerprint density at radius 2 is 1.86 bits per heavy atom. The summed E-state index contributed by atoms with van der Waals surface area (Å²) in [7, 11) is -8.25. The highest BCUT2D eigenvalue weighted by Crippen LogP contribution is 2.42. The van der Waals surface area contributed by atoms with Gasteiger partial charge in [0.25, 0.3) is 21.8 Å². The van der Waals surface area contributed by atoms with Gasteiger partial charge in [-0.05, 0) is 59.5 Å². The lowest BCUT2D eigenvalue weighted by Gasteiger charge is -2.30. The summed E-state index contributed by atoms with van der Waals surface area (Å²) in [6.07, 6.45) is 0.821. The number of carbonyl (C=O) groups is 3. The van der Waals surface area contributed by atoms with Gasteiger partial charge in [0.15, 0.2) is 22.3 Å². The van der Waals surface area contributed by atoms with E-state index in [4.69, 9.17) is 24.4 Å². The van der Waals surface area contributed by atoms with E-state index in [9.17, 15) is 31.2 Å². The number of fused-ring (bicyclic) bond motifs is 1. The first kappa shape index (κ1) is 41.3. The molecule has 21 heteroatoms. The normalized spacial score (nSPS) is 20.1. The number of hydrogen-bond donors (Lipinski definition) is 5. The van der Waals surface area contributed by atoms with E-state index in [1.807, 2.05) is 27.7 Å². The maximum absolute atomic E-state index is 12.9. The molecule has 50 heavy (non-hydrogen) atoms. The van der Waals surface area contributed by atoms with Crippen LogP contribution < -0.4 is 15.4 Å². The minimum atomic E-state index is -4.50. The van der Waals surface area contributed by atoms with Crippen molar-refractivity contribution in [2.24, 2.45) is 4.40 Å². The average Bonchev–Trinajstić information content (AvgIpc) is 3.52. The molecule has 0 unspecified atom stereocenters. The molecule has 2 aliphatic rings. The molecule has 3 rings (SSSR count). The van der Waals surface area contributed by atoms with Crippen LogP contribution >= 0.6 is 24.2 Å². The molecular weight excluding hydrogens is 737 g/mol. The van der Waals surface area contributed by atoms with E-state index < -0.39 is 55.7 Å². The minimum absolute atomic E-state index is 0.0797. The first-order valence-corrected chi connectivity index (χ1v) is 19.9. The molecule has 0 aromatic carbocycles. The van der Waals surface area contributed by atoms with E-state index in [-0.39, 0.29) is 51.3 Å². The van der Waals surface area contributed by atoms with Crippen molar-refractivity contribution in [3.05, 3.63) is 23.8 Å². The number of amides is 1. The van der Waals surface area contributed by atoms with Crippen LogP contribution in [0.1, 0.15) is 52.6 Å². The maximum atomic E-state index is 12.9. The van der Waals surface area contributed by atoms with Gasteiger partial charge in [-0.2, -0.15) is 4.40 Å². The van der Waals surface area contributed by atoms with Gasteiger partial charge in [-0.25, -0.2) is 31.1 Å². The second-order valence-electron chi connectivity index (χ2n) is 12.3. The lowest BCUT2D eigenvalue weighted by Crippen LogP contribution is -2.46. The van der Waals surface area contributed by atoms with Crippen LogP contribution in [0.15, 0.2) is 31.0 Å². The highest BCUT2D eigenvalue weighted by molar-refractivity contribution is 7.95. The molecule has 0 aliphatic carbocycles. The van der Waals surface area contributed by atoms with E-state index in [0.717, 1.165) is 6.08 Å². The molecule has 1 aromatic heterocycles. The largest absolute Gasteiger partial charge is 0.471 e. The molecule has 2 aliphatic heterocycles. The van der Waals surface area contributed by atoms with Gasteiger partial charge in [-0.1, -0.05) is 6.92 Å². The monoisotopic (exact) mass is 780 g/mol. The molecule has 280 valence electrons. The number of carbonyl (C=O) groups excluding carboxylic acids is 3. The Labute approximate surface area is 301 Å². The first-order valence-electron chi connectivity index (χ1n) is 15.6. The second kappa shape index (κ2) is 17.9. The number of esters is 2. The standard InChI is InChI=1S/C29H44N6O11S4/c1-6-31-21-13-18(2)49(39,40)28-20(21)14-25(48-28)50(41,42)34-22(36)17-44-23(37)7-8-24(38)46-19(15-32-29(3,4)5)16-45-26(30)27(33-47)35-9-11-43-12-10-35/h7-8,14,18-19,21,30-32,47H,6,9-13,15-17H2,1-5H3,(H,34,36)/b8-7+,30-26?,33-27+/t18-,19-,21-/m0/s1. The number of hydrogen-bond acceptors (Lipinski definition) is 17. The summed E-state index contributed by atoms with van der Waals surface area (Å²) < 4.78 is 77.8. The molecule has 0 radical (unpaired) electrons. The van der Waals surface area contributed by atoms with Gasteiger partial charge < -0.3 is 34.5 Å². The summed E-state index contributed by atoms with van der Waals surface area (Å²) in [6, 6.07) is 0.845. The van der Waals surface area contributed by atoms with Gasteiger partial charge in [-0.15, -0.1) is 11.3 Å². The lowest BCUT2D eigenvalue weighted by molar-refractivity contribution is -0.146. The topological polar surface area (TPSA) is 232 Å². The van der Waals surface area contributed by atoms with Crippen LogP contribution in [-0.4, -0.2) is 121 Å². The summed E-state index contributed by atoms with van der Waals surface area (Å²) in [5, 5.41) is 13.9. The quantitative estimate of drug-likeness (QED) is 0.0612. The maximum Gasteiger partial charge on any atom is 0.331 e. The predicted octanol–water partition coefficient (Wildman–Crippen LogP) is 0.738. The van der Waals surface area contributed by atoms with Gasteiger partial charge >= 0.3 is 11.9 Å². The summed E-state index contributed by atoms with van der Waals surface area (Å²) in [4.78, 5) is 38.9. The Hall–Kier alpha value is -3.08. The van der Waals surface area contributed by atoms with Crippen LogP contribution in [0.5, 0.6) is 0 Å². The highest BCUT2D eigenvalue weighted by Gasteiger charge is 2.39. The molecular formula is C29H44N6O11S4. The molecule has 3 atom stereocenters. The summed E-state index contributed by atoms with van der Waals surface area (Å²) in [5.41, 5.74) is -0.0395. The Bertz CT molecular complexity index is 1680. The number of sulfonamides is 1. The van der Waals surface area contributed by atoms with Gasteiger partial charge in [0.2, 0.25) is 0 Å². The van der Waals surface area contributed by atoms with Crippen molar-refractivity contribution in [2.75, 3.05) is 52.6 Å². The van der Waals surface area contributed by atoms with Crippen LogP contribution in [-0.2, 0) is 53.2 Å². The smallest absolute Gasteiger partial charge is 0.331 e.